The van der Waals surface area contributed by atoms with E-state index in [1.54, 1.807) is 6.08 Å². The predicted molar refractivity (Wildman–Crippen MR) is 319 cm³/mol. The summed E-state index contributed by atoms with van der Waals surface area (Å²) in [5, 5.41) is 23.2. The van der Waals surface area contributed by atoms with Crippen LogP contribution in [-0.4, -0.2) is 47.4 Å². The highest BCUT2D eigenvalue weighted by atomic mass is 16.5. The first-order valence-corrected chi connectivity index (χ1v) is 32.8. The van der Waals surface area contributed by atoms with Crippen LogP contribution in [0.15, 0.2) is 36.5 Å². The van der Waals surface area contributed by atoms with Crippen LogP contribution in [-0.2, 0) is 14.3 Å². The number of nitrogens with one attached hydrogen (secondary N) is 1. The molecule has 0 saturated carbocycles. The highest BCUT2D eigenvalue weighted by Gasteiger charge is 2.18. The normalized spacial score (nSPS) is 12.8. The summed E-state index contributed by atoms with van der Waals surface area (Å²) in [7, 11) is 0. The van der Waals surface area contributed by atoms with Gasteiger partial charge in [0, 0.05) is 12.8 Å². The number of hydrogen-bond donors (Lipinski definition) is 3. The van der Waals surface area contributed by atoms with Crippen molar-refractivity contribution in [3.8, 4) is 0 Å². The van der Waals surface area contributed by atoms with Crippen molar-refractivity contribution in [1.82, 2.24) is 5.32 Å². The topological polar surface area (TPSA) is 95.9 Å². The molecule has 0 heterocycles. The maximum atomic E-state index is 12.5. The van der Waals surface area contributed by atoms with Gasteiger partial charge in [-0.1, -0.05) is 314 Å². The second-order valence-electron chi connectivity index (χ2n) is 22.5. The number of amides is 1. The average Bonchev–Trinajstić information content (AvgIpc) is 3.39. The molecule has 0 aliphatic heterocycles. The highest BCUT2D eigenvalue weighted by Crippen LogP contribution is 2.18. The summed E-state index contributed by atoms with van der Waals surface area (Å²) in [5.41, 5.74) is 0. The van der Waals surface area contributed by atoms with Gasteiger partial charge in [-0.2, -0.15) is 0 Å². The van der Waals surface area contributed by atoms with Crippen LogP contribution in [0.4, 0.5) is 0 Å². The molecule has 0 aliphatic carbocycles. The lowest BCUT2D eigenvalue weighted by atomic mass is 10.0. The summed E-state index contributed by atoms with van der Waals surface area (Å²) in [6, 6.07) is -0.637. The Morgan fingerprint density at radius 3 is 1.01 bits per heavy atom. The second-order valence-corrected chi connectivity index (χ2v) is 22.5. The second kappa shape index (κ2) is 62.6. The van der Waals surface area contributed by atoms with E-state index in [4.69, 9.17) is 4.74 Å². The molecule has 0 aliphatic rings. The van der Waals surface area contributed by atoms with E-state index in [0.29, 0.717) is 19.4 Å². The van der Waals surface area contributed by atoms with Gasteiger partial charge in [0.1, 0.15) is 0 Å². The van der Waals surface area contributed by atoms with Gasteiger partial charge in [-0.05, 0) is 64.2 Å². The first-order valence-electron chi connectivity index (χ1n) is 32.8. The van der Waals surface area contributed by atoms with Crippen molar-refractivity contribution in [2.75, 3.05) is 13.2 Å². The predicted octanol–water partition coefficient (Wildman–Crippen LogP) is 20.8. The first-order chi connectivity index (χ1) is 36.0. The van der Waals surface area contributed by atoms with Crippen LogP contribution in [0.2, 0.25) is 0 Å². The summed E-state index contributed by atoms with van der Waals surface area (Å²) in [6.07, 6.45) is 79.1. The van der Waals surface area contributed by atoms with Crippen LogP contribution in [0.5, 0.6) is 0 Å². The largest absolute Gasteiger partial charge is 0.466 e. The maximum absolute atomic E-state index is 12.5. The molecule has 0 saturated heterocycles. The molecule has 2 unspecified atom stereocenters. The Bertz CT molecular complexity index is 1180. The molecular weight excluding hydrogens is 899 g/mol. The Kier molecular flexibility index (Phi) is 61.0. The molecule has 0 aromatic carbocycles. The zero-order valence-electron chi connectivity index (χ0n) is 49.1. The summed E-state index contributed by atoms with van der Waals surface area (Å²) >= 11 is 0. The molecule has 0 rings (SSSR count). The van der Waals surface area contributed by atoms with Gasteiger partial charge in [-0.15, -0.1) is 0 Å². The van der Waals surface area contributed by atoms with E-state index in [-0.39, 0.29) is 18.5 Å². The number of hydrogen-bond acceptors (Lipinski definition) is 5. The number of carbonyl (C=O) groups excluding carboxylic acids is 2. The first kappa shape index (κ1) is 71.1. The number of aliphatic hydroxyl groups excluding tert-OH is 2. The van der Waals surface area contributed by atoms with Crippen LogP contribution in [0.1, 0.15) is 354 Å². The van der Waals surface area contributed by atoms with Crippen LogP contribution in [0.25, 0.3) is 0 Å². The molecule has 1 amide bonds. The molecular formula is C67H127NO5. The van der Waals surface area contributed by atoms with E-state index >= 15 is 0 Å². The Balaban J connectivity index is 3.50. The van der Waals surface area contributed by atoms with Gasteiger partial charge in [0.2, 0.25) is 5.91 Å². The van der Waals surface area contributed by atoms with Gasteiger partial charge < -0.3 is 20.3 Å². The van der Waals surface area contributed by atoms with Crippen molar-refractivity contribution in [2.24, 2.45) is 0 Å². The van der Waals surface area contributed by atoms with Crippen LogP contribution in [0.3, 0.4) is 0 Å². The van der Waals surface area contributed by atoms with Crippen molar-refractivity contribution < 1.29 is 24.5 Å². The van der Waals surface area contributed by atoms with E-state index in [1.807, 2.05) is 6.08 Å². The van der Waals surface area contributed by atoms with E-state index in [9.17, 15) is 19.8 Å². The van der Waals surface area contributed by atoms with Crippen LogP contribution in [0, 0.1) is 0 Å². The molecule has 3 N–H and O–H groups in total. The third kappa shape index (κ3) is 59.2. The minimum atomic E-state index is -0.853. The number of rotatable bonds is 61. The number of unbranched alkanes of at least 4 members (excludes halogenated alkanes) is 47. The Labute approximate surface area is 455 Å². The molecule has 0 aromatic rings. The summed E-state index contributed by atoms with van der Waals surface area (Å²) in [6.45, 7) is 4.89. The number of esters is 1. The zero-order valence-corrected chi connectivity index (χ0v) is 49.1. The van der Waals surface area contributed by atoms with Gasteiger partial charge in [0.15, 0.2) is 0 Å². The van der Waals surface area contributed by atoms with Gasteiger partial charge in [-0.3, -0.25) is 9.59 Å². The van der Waals surface area contributed by atoms with Crippen molar-refractivity contribution in [3.63, 3.8) is 0 Å². The Hall–Kier alpha value is -1.92. The van der Waals surface area contributed by atoms with Crippen molar-refractivity contribution in [1.29, 1.82) is 0 Å². The quantitative estimate of drug-likeness (QED) is 0.0244. The lowest BCUT2D eigenvalue weighted by molar-refractivity contribution is -0.143. The molecule has 0 aromatic heterocycles. The third-order valence-electron chi connectivity index (χ3n) is 15.2. The van der Waals surface area contributed by atoms with Crippen LogP contribution < -0.4 is 5.32 Å². The van der Waals surface area contributed by atoms with E-state index in [0.717, 1.165) is 77.0 Å². The highest BCUT2D eigenvalue weighted by molar-refractivity contribution is 5.76. The molecule has 73 heavy (non-hydrogen) atoms. The lowest BCUT2D eigenvalue weighted by Gasteiger charge is -2.20. The van der Waals surface area contributed by atoms with Gasteiger partial charge in [0.25, 0.3) is 0 Å². The standard InChI is InChI=1S/C67H127NO5/c1-3-5-7-9-11-13-15-17-18-19-20-21-22-23-24-26-29-32-36-39-43-47-51-55-59-65(70)64(63-69)68-66(71)60-56-52-48-44-40-37-33-30-27-25-28-31-34-38-42-46-50-54-58-62-73-67(72)61-57-53-49-45-41-35-16-14-12-10-8-6-4-2/h31,34,38,42,55,59,64-65,69-70H,3-30,32-33,35-37,39-41,43-54,56-58,60-63H2,1-2H3,(H,68,71)/b34-31-,42-38-,59-55+. The number of allylic oxidation sites excluding steroid dienone is 5. The van der Waals surface area contributed by atoms with Gasteiger partial charge >= 0.3 is 5.97 Å². The lowest BCUT2D eigenvalue weighted by Crippen LogP contribution is -2.45. The molecule has 0 spiro atoms. The van der Waals surface area contributed by atoms with Crippen LogP contribution >= 0.6 is 0 Å². The summed E-state index contributed by atoms with van der Waals surface area (Å²) in [4.78, 5) is 24.5. The molecule has 0 radical (unpaired) electrons. The Morgan fingerprint density at radius 1 is 0.384 bits per heavy atom. The number of aliphatic hydroxyl groups is 2. The number of ether oxygens (including phenoxy) is 1. The van der Waals surface area contributed by atoms with E-state index < -0.39 is 12.1 Å². The summed E-state index contributed by atoms with van der Waals surface area (Å²) < 4.78 is 5.45. The molecule has 0 fully saturated rings. The minimum absolute atomic E-state index is 0.0122. The molecule has 430 valence electrons. The van der Waals surface area contributed by atoms with Gasteiger partial charge in [0.05, 0.1) is 25.4 Å². The molecule has 6 nitrogen and oxygen atoms in total. The average molecular weight is 1030 g/mol. The molecule has 6 heteroatoms. The molecule has 2 atom stereocenters. The SMILES string of the molecule is CCCCCCCCCCCCCCCCCCCCCCCC/C=C/C(O)C(CO)NC(=O)CCCCCCCCCCCC/C=C\C=C/CCCCCOC(=O)CCCCCCCCCCCCCCC. The Morgan fingerprint density at radius 2 is 0.671 bits per heavy atom. The zero-order chi connectivity index (χ0) is 52.9. The fourth-order valence-corrected chi connectivity index (χ4v) is 10.2. The monoisotopic (exact) mass is 1030 g/mol. The molecule has 0 bridgehead atoms. The maximum Gasteiger partial charge on any atom is 0.305 e. The van der Waals surface area contributed by atoms with Crippen molar-refractivity contribution in [3.05, 3.63) is 36.5 Å². The van der Waals surface area contributed by atoms with E-state index in [2.05, 4.69) is 43.5 Å². The number of carbonyl (C=O) groups is 2. The fourth-order valence-electron chi connectivity index (χ4n) is 10.2. The fraction of sp³-hybridized carbons (Fsp3) is 0.881. The van der Waals surface area contributed by atoms with E-state index in [1.165, 1.54) is 250 Å². The summed E-state index contributed by atoms with van der Waals surface area (Å²) in [5.74, 6) is -0.0867. The van der Waals surface area contributed by atoms with Crippen molar-refractivity contribution >= 4 is 11.9 Å². The minimum Gasteiger partial charge on any atom is -0.466 e. The van der Waals surface area contributed by atoms with Crippen molar-refractivity contribution in [2.45, 2.75) is 366 Å². The smallest absolute Gasteiger partial charge is 0.305 e. The third-order valence-corrected chi connectivity index (χ3v) is 15.2. The van der Waals surface area contributed by atoms with Gasteiger partial charge in [-0.25, -0.2) is 0 Å².